The molecule has 0 aliphatic carbocycles. The first-order valence-electron chi connectivity index (χ1n) is 6.09. The molecule has 0 aliphatic heterocycles. The lowest BCUT2D eigenvalue weighted by Crippen LogP contribution is -1.86. The van der Waals surface area contributed by atoms with E-state index in [1.54, 1.807) is 6.21 Å². The van der Waals surface area contributed by atoms with Crippen LogP contribution in [0, 0.1) is 0 Å². The van der Waals surface area contributed by atoms with Crippen LogP contribution in [0.25, 0.3) is 11.3 Å². The maximum Gasteiger partial charge on any atom is 0.131 e. The number of H-pyrrole nitrogens is 1. The Hall–Kier alpha value is -2.27. The number of rotatable bonds is 3. The van der Waals surface area contributed by atoms with E-state index >= 15 is 0 Å². The van der Waals surface area contributed by atoms with E-state index in [4.69, 9.17) is 0 Å². The highest BCUT2D eigenvalue weighted by Crippen LogP contribution is 2.20. The van der Waals surface area contributed by atoms with Crippen molar-refractivity contribution in [3.05, 3.63) is 64.8 Å². The summed E-state index contributed by atoms with van der Waals surface area (Å²) in [6, 6.07) is 17.7. The number of aromatic nitrogens is 3. The van der Waals surface area contributed by atoms with Gasteiger partial charge in [-0.15, -0.1) is 0 Å². The Morgan fingerprint density at radius 3 is 2.45 bits per heavy atom. The minimum absolute atomic E-state index is 0.721. The molecule has 2 aromatic carbocycles. The molecule has 98 valence electrons. The summed E-state index contributed by atoms with van der Waals surface area (Å²) in [5.74, 6) is 0. The zero-order valence-corrected chi connectivity index (χ0v) is 12.1. The van der Waals surface area contributed by atoms with Crippen molar-refractivity contribution in [1.82, 2.24) is 15.4 Å². The van der Waals surface area contributed by atoms with Crippen molar-refractivity contribution in [3.63, 3.8) is 0 Å². The van der Waals surface area contributed by atoms with E-state index in [-0.39, 0.29) is 0 Å². The van der Waals surface area contributed by atoms with E-state index in [0.717, 1.165) is 27.1 Å². The normalized spacial score (nSPS) is 11.1. The summed E-state index contributed by atoms with van der Waals surface area (Å²) in [7, 11) is 0. The number of nitrogens with one attached hydrogen (secondary N) is 1. The smallest absolute Gasteiger partial charge is 0.131 e. The Kier molecular flexibility index (Phi) is 3.69. The molecule has 0 bridgehead atoms. The van der Waals surface area contributed by atoms with E-state index in [0.29, 0.717) is 0 Å². The summed E-state index contributed by atoms with van der Waals surface area (Å²) in [5, 5.41) is 11.0. The molecule has 1 heterocycles. The van der Waals surface area contributed by atoms with Gasteiger partial charge < -0.3 is 0 Å². The van der Waals surface area contributed by atoms with Crippen LogP contribution in [-0.2, 0) is 0 Å². The zero-order chi connectivity index (χ0) is 13.8. The highest BCUT2D eigenvalue weighted by atomic mass is 79.9. The van der Waals surface area contributed by atoms with Gasteiger partial charge in [-0.25, -0.2) is 0 Å². The number of hydrogen-bond donors (Lipinski definition) is 1. The summed E-state index contributed by atoms with van der Waals surface area (Å²) < 4.78 is 1.03. The molecule has 3 rings (SSSR count). The lowest BCUT2D eigenvalue weighted by atomic mass is 10.1. The molecule has 0 atom stereocenters. The predicted molar refractivity (Wildman–Crippen MR) is 83.2 cm³/mol. The van der Waals surface area contributed by atoms with Crippen LogP contribution in [0.15, 0.2) is 64.1 Å². The lowest BCUT2D eigenvalue weighted by Gasteiger charge is -1.96. The number of aliphatic imine (C=N–C) groups is 1. The Morgan fingerprint density at radius 1 is 0.950 bits per heavy atom. The molecule has 1 N–H and O–H groups in total. The Labute approximate surface area is 124 Å². The molecule has 3 aromatic rings. The number of benzene rings is 2. The summed E-state index contributed by atoms with van der Waals surface area (Å²) in [6.45, 7) is 0. The molecule has 4 nitrogen and oxygen atoms in total. The Balaban J connectivity index is 1.89. The average molecular weight is 327 g/mol. The lowest BCUT2D eigenvalue weighted by molar-refractivity contribution is 0.940. The molecule has 0 radical (unpaired) electrons. The average Bonchev–Trinajstić information content (AvgIpc) is 2.96. The van der Waals surface area contributed by atoms with Crippen LogP contribution in [0.4, 0.5) is 5.69 Å². The first kappa shape index (κ1) is 12.7. The second-order valence-electron chi connectivity index (χ2n) is 4.16. The van der Waals surface area contributed by atoms with Gasteiger partial charge in [0.2, 0.25) is 0 Å². The number of nitrogens with zero attached hydrogens (tertiary/aromatic N) is 3. The van der Waals surface area contributed by atoms with Gasteiger partial charge >= 0.3 is 0 Å². The zero-order valence-electron chi connectivity index (χ0n) is 10.5. The van der Waals surface area contributed by atoms with E-state index in [1.807, 2.05) is 54.6 Å². The van der Waals surface area contributed by atoms with E-state index in [9.17, 15) is 0 Å². The van der Waals surface area contributed by atoms with Crippen LogP contribution < -0.4 is 0 Å². The van der Waals surface area contributed by atoms with E-state index in [1.165, 1.54) is 0 Å². The fourth-order valence-electron chi connectivity index (χ4n) is 1.80. The third-order valence-electron chi connectivity index (χ3n) is 2.78. The fraction of sp³-hybridized carbons (Fsp3) is 0. The van der Waals surface area contributed by atoms with Crippen molar-refractivity contribution in [2.45, 2.75) is 0 Å². The van der Waals surface area contributed by atoms with Gasteiger partial charge in [0.25, 0.3) is 0 Å². The van der Waals surface area contributed by atoms with Gasteiger partial charge in [-0.05, 0) is 24.3 Å². The summed E-state index contributed by atoms with van der Waals surface area (Å²) in [6.07, 6.45) is 1.72. The third kappa shape index (κ3) is 2.83. The second kappa shape index (κ2) is 5.79. The first-order chi connectivity index (χ1) is 9.83. The molecule has 5 heteroatoms. The number of hydrogen-bond acceptors (Lipinski definition) is 3. The molecular formula is C15H11BrN4. The number of halogens is 1. The van der Waals surface area contributed by atoms with Crippen molar-refractivity contribution in [3.8, 4) is 11.3 Å². The van der Waals surface area contributed by atoms with E-state index in [2.05, 4.69) is 36.3 Å². The largest absolute Gasteiger partial charge is 0.254 e. The van der Waals surface area contributed by atoms with Crippen molar-refractivity contribution in [2.75, 3.05) is 0 Å². The van der Waals surface area contributed by atoms with Gasteiger partial charge in [-0.3, -0.25) is 4.99 Å². The standard InChI is InChI=1S/C15H11BrN4/c16-12-6-8-13(9-7-12)17-10-14-15(19-20-18-14)11-4-2-1-3-5-11/h1-10H,(H,18,19,20). The fourth-order valence-corrected chi connectivity index (χ4v) is 2.06. The monoisotopic (exact) mass is 326 g/mol. The van der Waals surface area contributed by atoms with Gasteiger partial charge in [0.05, 0.1) is 11.9 Å². The summed E-state index contributed by atoms with van der Waals surface area (Å²) >= 11 is 3.40. The number of aromatic amines is 1. The van der Waals surface area contributed by atoms with Gasteiger partial charge in [-0.2, -0.15) is 15.4 Å². The van der Waals surface area contributed by atoms with Crippen molar-refractivity contribution >= 4 is 27.8 Å². The molecule has 0 saturated heterocycles. The van der Waals surface area contributed by atoms with Gasteiger partial charge in [0.1, 0.15) is 11.4 Å². The van der Waals surface area contributed by atoms with Crippen LogP contribution in [0.3, 0.4) is 0 Å². The first-order valence-corrected chi connectivity index (χ1v) is 6.88. The van der Waals surface area contributed by atoms with Crippen LogP contribution in [0.1, 0.15) is 5.69 Å². The highest BCUT2D eigenvalue weighted by Gasteiger charge is 2.07. The Morgan fingerprint density at radius 2 is 1.70 bits per heavy atom. The molecule has 1 aromatic heterocycles. The molecule has 0 saturated carbocycles. The van der Waals surface area contributed by atoms with Crippen molar-refractivity contribution in [2.24, 2.45) is 4.99 Å². The molecule has 0 amide bonds. The molecule has 0 fully saturated rings. The van der Waals surface area contributed by atoms with Gasteiger partial charge in [0, 0.05) is 10.0 Å². The summed E-state index contributed by atoms with van der Waals surface area (Å²) in [4.78, 5) is 4.41. The van der Waals surface area contributed by atoms with E-state index < -0.39 is 0 Å². The van der Waals surface area contributed by atoms with Gasteiger partial charge in [-0.1, -0.05) is 46.3 Å². The molecule has 20 heavy (non-hydrogen) atoms. The molecular weight excluding hydrogens is 316 g/mol. The third-order valence-corrected chi connectivity index (χ3v) is 3.31. The topological polar surface area (TPSA) is 53.9 Å². The van der Waals surface area contributed by atoms with Crippen LogP contribution in [-0.4, -0.2) is 21.6 Å². The minimum atomic E-state index is 0.721. The van der Waals surface area contributed by atoms with Gasteiger partial charge in [0.15, 0.2) is 0 Å². The quantitative estimate of drug-likeness (QED) is 0.740. The van der Waals surface area contributed by atoms with Crippen LogP contribution in [0.2, 0.25) is 0 Å². The molecule has 0 unspecified atom stereocenters. The highest BCUT2D eigenvalue weighted by molar-refractivity contribution is 9.10. The summed E-state index contributed by atoms with van der Waals surface area (Å²) in [5.41, 5.74) is 3.40. The predicted octanol–water partition coefficient (Wildman–Crippen LogP) is 3.98. The second-order valence-corrected chi connectivity index (χ2v) is 5.07. The maximum absolute atomic E-state index is 4.41. The minimum Gasteiger partial charge on any atom is -0.254 e. The molecule has 0 aliphatic rings. The van der Waals surface area contributed by atoms with Crippen LogP contribution in [0.5, 0.6) is 0 Å². The van der Waals surface area contributed by atoms with Crippen molar-refractivity contribution in [1.29, 1.82) is 0 Å². The van der Waals surface area contributed by atoms with Crippen LogP contribution >= 0.6 is 15.9 Å². The molecule has 0 spiro atoms. The SMILES string of the molecule is Brc1ccc(N=Cc2n[nH]nc2-c2ccccc2)cc1. The maximum atomic E-state index is 4.41. The van der Waals surface area contributed by atoms with Crippen molar-refractivity contribution < 1.29 is 0 Å². The Bertz CT molecular complexity index is 717.